The van der Waals surface area contributed by atoms with Crippen LogP contribution in [-0.4, -0.2) is 23.1 Å². The summed E-state index contributed by atoms with van der Waals surface area (Å²) in [5, 5.41) is 3.35. The first-order valence-corrected chi connectivity index (χ1v) is 20.0. The average molecular weight is 713 g/mol. The molecule has 0 saturated heterocycles. The average Bonchev–Trinajstić information content (AvgIpc) is 3.27. The van der Waals surface area contributed by atoms with Gasteiger partial charge in [-0.2, -0.15) is 0 Å². The van der Waals surface area contributed by atoms with Crippen molar-refractivity contribution in [3.63, 3.8) is 0 Å². The molecule has 52 heavy (non-hydrogen) atoms. The predicted octanol–water partition coefficient (Wildman–Crippen LogP) is 12.6. The summed E-state index contributed by atoms with van der Waals surface area (Å²) in [4.78, 5) is 34.4. The molecule has 2 aromatic rings. The summed E-state index contributed by atoms with van der Waals surface area (Å²) >= 11 is 0. The molecule has 0 spiro atoms. The van der Waals surface area contributed by atoms with Gasteiger partial charge in [0.25, 0.3) is 0 Å². The molecule has 0 atom stereocenters. The van der Waals surface area contributed by atoms with Crippen LogP contribution in [-0.2, 0) is 10.2 Å². The van der Waals surface area contributed by atoms with Crippen LogP contribution in [0.3, 0.4) is 0 Å². The standard InChI is InChI=1S/C33H42N4O2.C9H20.C4H10/c1-8-10-24-17-27(18-24)37-30-19-25(11-13-28(30)33(6,7)32(37)39)21(3)16-29(34-15-9-2)22(4)23(5)36-26-12-14-31(38)35-20-26;1-5-7-8-9(3,4)6-2;1-4(2)3/h11-16,19-20,24,27,36H,3,8-10,17-18H2,1-2,4-7H3,(H,35,38);5-8H2,1-4H3;4H,1-3H3/b23-22+,29-16+,34-15?;;. The van der Waals surface area contributed by atoms with Crippen molar-refractivity contribution in [2.24, 2.45) is 22.2 Å². The molecule has 4 rings (SSSR count). The molecule has 1 aromatic carbocycles. The molecular formula is C46H72N4O2. The fraction of sp³-hybridized carbons (Fsp3) is 0.587. The summed E-state index contributed by atoms with van der Waals surface area (Å²) in [7, 11) is 0. The zero-order chi connectivity index (χ0) is 39.2. The van der Waals surface area contributed by atoms with E-state index in [0.29, 0.717) is 5.41 Å². The normalized spacial score (nSPS) is 18.5. The van der Waals surface area contributed by atoms with Crippen LogP contribution >= 0.6 is 0 Å². The van der Waals surface area contributed by atoms with Gasteiger partial charge in [0.05, 0.1) is 16.8 Å². The van der Waals surface area contributed by atoms with Gasteiger partial charge in [-0.05, 0) is 111 Å². The molecule has 6 nitrogen and oxygen atoms in total. The number of benzene rings is 1. The number of allylic oxidation sites excluding steroid dienone is 4. The Labute approximate surface area is 317 Å². The lowest BCUT2D eigenvalue weighted by Gasteiger charge is -2.42. The van der Waals surface area contributed by atoms with E-state index < -0.39 is 5.41 Å². The Hall–Kier alpha value is -3.67. The smallest absolute Gasteiger partial charge is 0.248 e. The number of aromatic amines is 1. The summed E-state index contributed by atoms with van der Waals surface area (Å²) in [6.45, 7) is 32.5. The summed E-state index contributed by atoms with van der Waals surface area (Å²) in [6, 6.07) is 9.84. The number of aromatic nitrogens is 1. The van der Waals surface area contributed by atoms with Gasteiger partial charge in [0.1, 0.15) is 0 Å². The summed E-state index contributed by atoms with van der Waals surface area (Å²) in [6.07, 6.45) is 16.4. The predicted molar refractivity (Wildman–Crippen MR) is 227 cm³/mol. The third kappa shape index (κ3) is 12.8. The lowest BCUT2D eigenvalue weighted by atomic mass is 9.76. The number of fused-ring (bicyclic) bond motifs is 1. The van der Waals surface area contributed by atoms with Gasteiger partial charge >= 0.3 is 0 Å². The molecule has 1 amide bonds. The van der Waals surface area contributed by atoms with Crippen molar-refractivity contribution in [2.75, 3.05) is 10.2 Å². The number of rotatable bonds is 14. The molecule has 0 unspecified atom stereocenters. The van der Waals surface area contributed by atoms with Crippen molar-refractivity contribution in [2.45, 2.75) is 159 Å². The van der Waals surface area contributed by atoms with Gasteiger partial charge < -0.3 is 15.2 Å². The van der Waals surface area contributed by atoms with Gasteiger partial charge in [0.15, 0.2) is 0 Å². The first-order valence-electron chi connectivity index (χ1n) is 20.0. The van der Waals surface area contributed by atoms with Gasteiger partial charge in [-0.3, -0.25) is 14.6 Å². The van der Waals surface area contributed by atoms with E-state index in [1.807, 2.05) is 40.0 Å². The number of hydrogen-bond acceptors (Lipinski definition) is 4. The van der Waals surface area contributed by atoms with Crippen molar-refractivity contribution >= 4 is 29.1 Å². The highest BCUT2D eigenvalue weighted by molar-refractivity contribution is 6.08. The fourth-order valence-corrected chi connectivity index (χ4v) is 6.41. The molecule has 1 aromatic heterocycles. The molecule has 2 heterocycles. The van der Waals surface area contributed by atoms with Crippen LogP contribution in [0.1, 0.15) is 159 Å². The zero-order valence-corrected chi connectivity index (χ0v) is 35.1. The molecule has 2 N–H and O–H groups in total. The molecule has 0 bridgehead atoms. The minimum atomic E-state index is -0.527. The van der Waals surface area contributed by atoms with Gasteiger partial charge in [0.2, 0.25) is 11.5 Å². The molecular weight excluding hydrogens is 641 g/mol. The lowest BCUT2D eigenvalue weighted by Crippen LogP contribution is -2.49. The second-order valence-corrected chi connectivity index (χ2v) is 16.8. The molecule has 1 fully saturated rings. The first kappa shape index (κ1) is 44.5. The van der Waals surface area contributed by atoms with Crippen molar-refractivity contribution in [3.05, 3.63) is 87.6 Å². The maximum atomic E-state index is 13.5. The van der Waals surface area contributed by atoms with Crippen LogP contribution in [0.4, 0.5) is 11.4 Å². The van der Waals surface area contributed by atoms with Crippen LogP contribution in [0.15, 0.2) is 75.9 Å². The van der Waals surface area contributed by atoms with Crippen LogP contribution in [0, 0.1) is 17.3 Å². The monoisotopic (exact) mass is 713 g/mol. The second kappa shape index (κ2) is 20.5. The number of pyridine rings is 1. The Morgan fingerprint density at radius 2 is 1.71 bits per heavy atom. The largest absolute Gasteiger partial charge is 0.358 e. The third-order valence-corrected chi connectivity index (χ3v) is 10.3. The summed E-state index contributed by atoms with van der Waals surface area (Å²) < 4.78 is 0. The van der Waals surface area contributed by atoms with Gasteiger partial charge in [-0.25, -0.2) is 0 Å². The van der Waals surface area contributed by atoms with Gasteiger partial charge in [0, 0.05) is 35.9 Å². The second-order valence-electron chi connectivity index (χ2n) is 16.8. The van der Waals surface area contributed by atoms with E-state index in [1.165, 1.54) is 44.6 Å². The van der Waals surface area contributed by atoms with Crippen molar-refractivity contribution in [1.82, 2.24) is 4.98 Å². The highest BCUT2D eigenvalue weighted by atomic mass is 16.2. The topological polar surface area (TPSA) is 77.6 Å². The number of carbonyl (C=O) groups excluding carboxylic acids is 1. The lowest BCUT2D eigenvalue weighted by molar-refractivity contribution is -0.123. The molecule has 288 valence electrons. The van der Waals surface area contributed by atoms with E-state index >= 15 is 0 Å². The number of carbonyl (C=O) groups is 1. The zero-order valence-electron chi connectivity index (χ0n) is 35.1. The minimum Gasteiger partial charge on any atom is -0.358 e. The van der Waals surface area contributed by atoms with Crippen LogP contribution in [0.2, 0.25) is 0 Å². The van der Waals surface area contributed by atoms with Gasteiger partial charge in [-0.1, -0.05) is 113 Å². The molecule has 6 heteroatoms. The van der Waals surface area contributed by atoms with Crippen molar-refractivity contribution in [3.8, 4) is 0 Å². The number of H-pyrrole nitrogens is 1. The van der Waals surface area contributed by atoms with Crippen LogP contribution in [0.25, 0.3) is 5.57 Å². The molecule has 0 radical (unpaired) electrons. The minimum absolute atomic E-state index is 0.139. The van der Waals surface area contributed by atoms with Crippen LogP contribution in [0.5, 0.6) is 0 Å². The Bertz CT molecular complexity index is 1590. The van der Waals surface area contributed by atoms with E-state index in [-0.39, 0.29) is 17.5 Å². The fourth-order valence-electron chi connectivity index (χ4n) is 6.41. The number of unbranched alkanes of at least 4 members (excludes halogenated alkanes) is 1. The highest BCUT2D eigenvalue weighted by Crippen LogP contribution is 2.48. The SMILES string of the molecule is C=C(/C=C(N=CCC)\C(C)=C(/C)Nc1ccc(=O)[nH]c1)c1ccc2c(c1)N(C1CC(CCC)C1)C(=O)C2(C)C.CC(C)C.CCCCC(C)(C)CC. The Morgan fingerprint density at radius 3 is 2.25 bits per heavy atom. The van der Waals surface area contributed by atoms with E-state index in [0.717, 1.165) is 76.1 Å². The summed E-state index contributed by atoms with van der Waals surface area (Å²) in [5.41, 5.74) is 7.38. The van der Waals surface area contributed by atoms with Gasteiger partial charge in [-0.15, -0.1) is 0 Å². The van der Waals surface area contributed by atoms with E-state index in [1.54, 1.807) is 12.3 Å². The maximum Gasteiger partial charge on any atom is 0.248 e. The molecule has 1 saturated carbocycles. The number of anilines is 2. The van der Waals surface area contributed by atoms with Crippen LogP contribution < -0.4 is 15.8 Å². The first-order chi connectivity index (χ1) is 24.4. The summed E-state index contributed by atoms with van der Waals surface area (Å²) in [5.74, 6) is 1.76. The van der Waals surface area contributed by atoms with E-state index in [2.05, 4.69) is 102 Å². The Balaban J connectivity index is 0.000000615. The third-order valence-electron chi connectivity index (χ3n) is 10.3. The quantitative estimate of drug-likeness (QED) is 0.151. The Morgan fingerprint density at radius 1 is 1.06 bits per heavy atom. The van der Waals surface area contributed by atoms with E-state index in [9.17, 15) is 9.59 Å². The number of amides is 1. The number of hydrogen-bond donors (Lipinski definition) is 2. The Kier molecular flexibility index (Phi) is 17.6. The maximum absolute atomic E-state index is 13.5. The van der Waals surface area contributed by atoms with Crippen molar-refractivity contribution in [1.29, 1.82) is 0 Å². The number of nitrogens with one attached hydrogen (secondary N) is 2. The molecule has 1 aliphatic carbocycles. The molecule has 1 aliphatic heterocycles. The van der Waals surface area contributed by atoms with Crippen molar-refractivity contribution < 1.29 is 4.79 Å². The highest BCUT2D eigenvalue weighted by Gasteiger charge is 2.49. The molecule has 2 aliphatic rings. The number of aliphatic imine (C=N–C) groups is 1. The number of nitrogens with zero attached hydrogens (tertiary/aromatic N) is 2. The van der Waals surface area contributed by atoms with E-state index in [4.69, 9.17) is 4.99 Å².